The van der Waals surface area contributed by atoms with Gasteiger partial charge < -0.3 is 19.7 Å². The maximum atomic E-state index is 13.0. The van der Waals surface area contributed by atoms with E-state index in [0.717, 1.165) is 45.3 Å². The molecule has 0 aromatic carbocycles. The zero-order chi connectivity index (χ0) is 14.8. The molecule has 1 amide bonds. The number of nitrogens with zero attached hydrogens (tertiary/aromatic N) is 1. The first-order valence-corrected chi connectivity index (χ1v) is 7.68. The first-order chi connectivity index (χ1) is 9.70. The zero-order valence-corrected chi connectivity index (χ0v) is 13.2. The van der Waals surface area contributed by atoms with Gasteiger partial charge in [-0.1, -0.05) is 6.92 Å². The van der Waals surface area contributed by atoms with Gasteiger partial charge in [0, 0.05) is 33.9 Å². The zero-order valence-electron chi connectivity index (χ0n) is 13.2. The molecule has 0 unspecified atom stereocenters. The van der Waals surface area contributed by atoms with Crippen molar-refractivity contribution in [2.75, 3.05) is 53.6 Å². The van der Waals surface area contributed by atoms with Crippen molar-refractivity contribution in [1.82, 2.24) is 10.2 Å². The second-order valence-electron chi connectivity index (χ2n) is 5.52. The molecule has 118 valence electrons. The lowest BCUT2D eigenvalue weighted by Gasteiger charge is -2.39. The number of methoxy groups -OCH3 is 2. The summed E-state index contributed by atoms with van der Waals surface area (Å²) in [6, 6.07) is 0. The maximum absolute atomic E-state index is 13.0. The van der Waals surface area contributed by atoms with Gasteiger partial charge in [-0.15, -0.1) is 0 Å². The van der Waals surface area contributed by atoms with Crippen molar-refractivity contribution in [1.29, 1.82) is 0 Å². The summed E-state index contributed by atoms with van der Waals surface area (Å²) in [6.45, 7) is 6.73. The number of hydrogen-bond acceptors (Lipinski definition) is 4. The van der Waals surface area contributed by atoms with E-state index in [9.17, 15) is 4.79 Å². The highest BCUT2D eigenvalue weighted by molar-refractivity contribution is 5.83. The Morgan fingerprint density at radius 2 is 1.80 bits per heavy atom. The van der Waals surface area contributed by atoms with Crippen molar-refractivity contribution in [3.63, 3.8) is 0 Å². The van der Waals surface area contributed by atoms with Crippen LogP contribution in [-0.2, 0) is 14.3 Å². The molecule has 1 heterocycles. The van der Waals surface area contributed by atoms with Gasteiger partial charge >= 0.3 is 0 Å². The second kappa shape index (κ2) is 9.32. The fourth-order valence-electron chi connectivity index (χ4n) is 2.88. The van der Waals surface area contributed by atoms with Gasteiger partial charge in [-0.2, -0.15) is 0 Å². The normalized spacial score (nSPS) is 17.9. The first-order valence-electron chi connectivity index (χ1n) is 7.68. The lowest BCUT2D eigenvalue weighted by molar-refractivity contribution is -0.145. The van der Waals surface area contributed by atoms with Crippen LogP contribution in [0.2, 0.25) is 0 Å². The molecule has 0 spiro atoms. The summed E-state index contributed by atoms with van der Waals surface area (Å²) in [5.41, 5.74) is -0.175. The summed E-state index contributed by atoms with van der Waals surface area (Å²) in [4.78, 5) is 14.9. The number of hydrogen-bond donors (Lipinski definition) is 1. The molecule has 1 saturated heterocycles. The summed E-state index contributed by atoms with van der Waals surface area (Å²) < 4.78 is 10.2. The van der Waals surface area contributed by atoms with E-state index in [-0.39, 0.29) is 5.41 Å². The molecule has 0 atom stereocenters. The molecule has 1 N–H and O–H groups in total. The molecule has 0 aromatic rings. The van der Waals surface area contributed by atoms with E-state index in [2.05, 4.69) is 12.2 Å². The van der Waals surface area contributed by atoms with Crippen LogP contribution in [0, 0.1) is 5.41 Å². The number of carbonyl (C=O) groups excluding carboxylic acids is 1. The average molecular weight is 286 g/mol. The fraction of sp³-hybridized carbons (Fsp3) is 0.933. The highest BCUT2D eigenvalue weighted by Gasteiger charge is 2.40. The molecule has 0 aliphatic carbocycles. The van der Waals surface area contributed by atoms with Gasteiger partial charge in [-0.05, 0) is 38.8 Å². The predicted molar refractivity (Wildman–Crippen MR) is 79.8 cm³/mol. The Morgan fingerprint density at radius 1 is 1.15 bits per heavy atom. The third-order valence-corrected chi connectivity index (χ3v) is 4.32. The van der Waals surface area contributed by atoms with Gasteiger partial charge in [-0.25, -0.2) is 0 Å². The number of piperidine rings is 1. The van der Waals surface area contributed by atoms with Crippen molar-refractivity contribution in [2.45, 2.75) is 32.6 Å². The Balaban J connectivity index is 2.67. The van der Waals surface area contributed by atoms with Gasteiger partial charge in [0.15, 0.2) is 0 Å². The van der Waals surface area contributed by atoms with Crippen LogP contribution in [0.1, 0.15) is 32.6 Å². The summed E-state index contributed by atoms with van der Waals surface area (Å²) in [6.07, 6.45) is 3.68. The molecule has 0 saturated carbocycles. The Kier molecular flexibility index (Phi) is 8.11. The molecule has 0 radical (unpaired) electrons. The van der Waals surface area contributed by atoms with Crippen LogP contribution in [0.3, 0.4) is 0 Å². The first kappa shape index (κ1) is 17.4. The van der Waals surface area contributed by atoms with E-state index in [1.165, 1.54) is 0 Å². The van der Waals surface area contributed by atoms with E-state index in [1.807, 2.05) is 4.90 Å². The number of rotatable bonds is 9. The molecule has 5 heteroatoms. The lowest BCUT2D eigenvalue weighted by Crippen LogP contribution is -2.50. The van der Waals surface area contributed by atoms with E-state index < -0.39 is 0 Å². The molecule has 0 bridgehead atoms. The Bertz CT molecular complexity index is 278. The minimum Gasteiger partial charge on any atom is -0.385 e. The lowest BCUT2D eigenvalue weighted by atomic mass is 9.75. The molecule has 1 aliphatic rings. The smallest absolute Gasteiger partial charge is 0.228 e. The molecule has 1 aliphatic heterocycles. The monoisotopic (exact) mass is 286 g/mol. The summed E-state index contributed by atoms with van der Waals surface area (Å²) in [7, 11) is 3.37. The molecule has 5 nitrogen and oxygen atoms in total. The maximum Gasteiger partial charge on any atom is 0.228 e. The average Bonchev–Trinajstić information content (AvgIpc) is 2.50. The number of carbonyl (C=O) groups is 1. The standard InChI is InChI=1S/C15H30N2O3/c1-4-15(6-8-16-9-7-15)14(18)17(11-13-20-3)10-5-12-19-2/h16H,4-13H2,1-3H3. The summed E-state index contributed by atoms with van der Waals surface area (Å²) in [5.74, 6) is 0.301. The van der Waals surface area contributed by atoms with Gasteiger partial charge in [0.05, 0.1) is 12.0 Å². The molecular formula is C15H30N2O3. The SMILES string of the molecule is CCC1(C(=O)N(CCCOC)CCOC)CCNCC1. The van der Waals surface area contributed by atoms with E-state index in [1.54, 1.807) is 14.2 Å². The Morgan fingerprint density at radius 3 is 2.35 bits per heavy atom. The van der Waals surface area contributed by atoms with Crippen LogP contribution in [0.5, 0.6) is 0 Å². The molecule has 20 heavy (non-hydrogen) atoms. The van der Waals surface area contributed by atoms with E-state index >= 15 is 0 Å². The highest BCUT2D eigenvalue weighted by Crippen LogP contribution is 2.34. The Hall–Kier alpha value is -0.650. The van der Waals surface area contributed by atoms with Crippen LogP contribution >= 0.6 is 0 Å². The second-order valence-corrected chi connectivity index (χ2v) is 5.52. The third kappa shape index (κ3) is 4.72. The minimum atomic E-state index is -0.175. The summed E-state index contributed by atoms with van der Waals surface area (Å²) >= 11 is 0. The molecule has 1 fully saturated rings. The van der Waals surface area contributed by atoms with Crippen molar-refractivity contribution >= 4 is 5.91 Å². The van der Waals surface area contributed by atoms with Gasteiger partial charge in [-0.3, -0.25) is 4.79 Å². The quantitative estimate of drug-likeness (QED) is 0.649. The van der Waals surface area contributed by atoms with Gasteiger partial charge in [0.25, 0.3) is 0 Å². The molecule has 1 rings (SSSR count). The molecule has 0 aromatic heterocycles. The van der Waals surface area contributed by atoms with Crippen LogP contribution in [0.15, 0.2) is 0 Å². The van der Waals surface area contributed by atoms with Crippen molar-refractivity contribution < 1.29 is 14.3 Å². The predicted octanol–water partition coefficient (Wildman–Crippen LogP) is 1.28. The third-order valence-electron chi connectivity index (χ3n) is 4.32. The van der Waals surface area contributed by atoms with Gasteiger partial charge in [0.1, 0.15) is 0 Å². The summed E-state index contributed by atoms with van der Waals surface area (Å²) in [5, 5.41) is 3.35. The van der Waals surface area contributed by atoms with E-state index in [4.69, 9.17) is 9.47 Å². The number of amides is 1. The van der Waals surface area contributed by atoms with Crippen LogP contribution in [0.4, 0.5) is 0 Å². The molecular weight excluding hydrogens is 256 g/mol. The topological polar surface area (TPSA) is 50.8 Å². The van der Waals surface area contributed by atoms with E-state index in [0.29, 0.717) is 25.7 Å². The highest BCUT2D eigenvalue weighted by atomic mass is 16.5. The number of ether oxygens (including phenoxy) is 2. The number of nitrogens with one attached hydrogen (secondary N) is 1. The van der Waals surface area contributed by atoms with Crippen molar-refractivity contribution in [2.24, 2.45) is 5.41 Å². The van der Waals surface area contributed by atoms with Crippen molar-refractivity contribution in [3.8, 4) is 0 Å². The van der Waals surface area contributed by atoms with Crippen LogP contribution in [-0.4, -0.2) is 64.4 Å². The fourth-order valence-corrected chi connectivity index (χ4v) is 2.88. The Labute approximate surface area is 123 Å². The van der Waals surface area contributed by atoms with Gasteiger partial charge in [0.2, 0.25) is 5.91 Å². The van der Waals surface area contributed by atoms with Crippen LogP contribution < -0.4 is 5.32 Å². The largest absolute Gasteiger partial charge is 0.385 e. The van der Waals surface area contributed by atoms with Crippen molar-refractivity contribution in [3.05, 3.63) is 0 Å². The minimum absolute atomic E-state index is 0.175. The van der Waals surface area contributed by atoms with Crippen LogP contribution in [0.25, 0.3) is 0 Å².